The molecule has 2 N–H and O–H groups in total. The van der Waals surface area contributed by atoms with Crippen LogP contribution in [0.5, 0.6) is 0 Å². The van der Waals surface area contributed by atoms with Crippen LogP contribution in [0.25, 0.3) is 0 Å². The maximum Gasteiger partial charge on any atom is 0.0580 e. The SMILES string of the molecule is OC1CCCCC1CNC1C=CCCC1. The number of allylic oxidation sites excluding steroid dienone is 1. The monoisotopic (exact) mass is 209 g/mol. The second kappa shape index (κ2) is 5.66. The van der Waals surface area contributed by atoms with Crippen molar-refractivity contribution in [2.24, 2.45) is 5.92 Å². The van der Waals surface area contributed by atoms with Crippen LogP contribution < -0.4 is 5.32 Å². The second-order valence-electron chi connectivity index (χ2n) is 4.99. The van der Waals surface area contributed by atoms with Crippen LogP contribution >= 0.6 is 0 Å². The van der Waals surface area contributed by atoms with Crippen LogP contribution in [-0.2, 0) is 0 Å². The average Bonchev–Trinajstić information content (AvgIpc) is 2.29. The third-order valence-corrected chi connectivity index (χ3v) is 3.77. The molecule has 0 aromatic carbocycles. The lowest BCUT2D eigenvalue weighted by atomic mass is 9.86. The van der Waals surface area contributed by atoms with Crippen molar-refractivity contribution in [3.05, 3.63) is 12.2 Å². The molecule has 3 unspecified atom stereocenters. The number of hydrogen-bond acceptors (Lipinski definition) is 2. The summed E-state index contributed by atoms with van der Waals surface area (Å²) < 4.78 is 0. The van der Waals surface area contributed by atoms with E-state index >= 15 is 0 Å². The van der Waals surface area contributed by atoms with E-state index < -0.39 is 0 Å². The Labute approximate surface area is 92.8 Å². The van der Waals surface area contributed by atoms with Gasteiger partial charge in [-0.05, 0) is 38.0 Å². The average molecular weight is 209 g/mol. The zero-order chi connectivity index (χ0) is 10.5. The highest BCUT2D eigenvalue weighted by Gasteiger charge is 2.23. The van der Waals surface area contributed by atoms with Crippen LogP contribution in [0.1, 0.15) is 44.9 Å². The number of nitrogens with one attached hydrogen (secondary N) is 1. The van der Waals surface area contributed by atoms with Gasteiger partial charge in [-0.1, -0.05) is 25.0 Å². The molecule has 0 aromatic heterocycles. The Morgan fingerprint density at radius 1 is 1.13 bits per heavy atom. The quantitative estimate of drug-likeness (QED) is 0.699. The summed E-state index contributed by atoms with van der Waals surface area (Å²) in [6.45, 7) is 0.996. The fourth-order valence-corrected chi connectivity index (χ4v) is 2.71. The van der Waals surface area contributed by atoms with E-state index in [9.17, 15) is 5.11 Å². The van der Waals surface area contributed by atoms with E-state index in [2.05, 4.69) is 17.5 Å². The summed E-state index contributed by atoms with van der Waals surface area (Å²) in [6.07, 6.45) is 13.0. The molecule has 86 valence electrons. The smallest absolute Gasteiger partial charge is 0.0580 e. The van der Waals surface area contributed by atoms with E-state index in [1.165, 1.54) is 38.5 Å². The minimum absolute atomic E-state index is 0.0566. The molecule has 2 aliphatic carbocycles. The first-order valence-corrected chi connectivity index (χ1v) is 6.44. The molecule has 3 atom stereocenters. The molecule has 2 aliphatic rings. The molecule has 0 bridgehead atoms. The molecule has 2 nitrogen and oxygen atoms in total. The fourth-order valence-electron chi connectivity index (χ4n) is 2.71. The number of aliphatic hydroxyl groups excluding tert-OH is 1. The van der Waals surface area contributed by atoms with Gasteiger partial charge in [0, 0.05) is 12.6 Å². The van der Waals surface area contributed by atoms with Gasteiger partial charge in [-0.15, -0.1) is 0 Å². The molecule has 0 heterocycles. The Hall–Kier alpha value is -0.340. The van der Waals surface area contributed by atoms with Gasteiger partial charge in [-0.3, -0.25) is 0 Å². The van der Waals surface area contributed by atoms with E-state index in [-0.39, 0.29) is 6.10 Å². The molecule has 0 radical (unpaired) electrons. The highest BCUT2D eigenvalue weighted by Crippen LogP contribution is 2.24. The molecule has 1 fully saturated rings. The summed E-state index contributed by atoms with van der Waals surface area (Å²) in [5.74, 6) is 0.495. The first kappa shape index (κ1) is 11.2. The predicted octanol–water partition coefficient (Wildman–Crippen LogP) is 2.24. The van der Waals surface area contributed by atoms with Crippen molar-refractivity contribution in [2.45, 2.75) is 57.1 Å². The van der Waals surface area contributed by atoms with Gasteiger partial charge in [0.2, 0.25) is 0 Å². The number of rotatable bonds is 3. The molecular weight excluding hydrogens is 186 g/mol. The van der Waals surface area contributed by atoms with Crippen molar-refractivity contribution in [2.75, 3.05) is 6.54 Å². The Morgan fingerprint density at radius 3 is 2.73 bits per heavy atom. The third-order valence-electron chi connectivity index (χ3n) is 3.77. The molecule has 0 aliphatic heterocycles. The van der Waals surface area contributed by atoms with Gasteiger partial charge in [0.25, 0.3) is 0 Å². The van der Waals surface area contributed by atoms with Gasteiger partial charge in [0.15, 0.2) is 0 Å². The van der Waals surface area contributed by atoms with Gasteiger partial charge >= 0.3 is 0 Å². The second-order valence-corrected chi connectivity index (χ2v) is 4.99. The summed E-state index contributed by atoms with van der Waals surface area (Å²) in [5, 5.41) is 13.4. The molecule has 0 aromatic rings. The van der Waals surface area contributed by atoms with Gasteiger partial charge in [0.1, 0.15) is 0 Å². The van der Waals surface area contributed by atoms with E-state index in [1.807, 2.05) is 0 Å². The van der Waals surface area contributed by atoms with Crippen LogP contribution in [0.2, 0.25) is 0 Å². The molecule has 2 heteroatoms. The molecule has 15 heavy (non-hydrogen) atoms. The first-order chi connectivity index (χ1) is 7.36. The normalized spacial score (nSPS) is 36.7. The molecule has 0 saturated heterocycles. The topological polar surface area (TPSA) is 32.3 Å². The Morgan fingerprint density at radius 2 is 2.00 bits per heavy atom. The molecule has 0 spiro atoms. The van der Waals surface area contributed by atoms with Crippen LogP contribution in [0.4, 0.5) is 0 Å². The van der Waals surface area contributed by atoms with E-state index in [4.69, 9.17) is 0 Å². The van der Waals surface area contributed by atoms with Crippen molar-refractivity contribution in [1.82, 2.24) is 5.32 Å². The maximum atomic E-state index is 9.84. The summed E-state index contributed by atoms with van der Waals surface area (Å²) in [4.78, 5) is 0. The van der Waals surface area contributed by atoms with Gasteiger partial charge in [-0.2, -0.15) is 0 Å². The van der Waals surface area contributed by atoms with Gasteiger partial charge in [-0.25, -0.2) is 0 Å². The summed E-state index contributed by atoms with van der Waals surface area (Å²) in [7, 11) is 0. The maximum absolute atomic E-state index is 9.84. The lowest BCUT2D eigenvalue weighted by Crippen LogP contribution is -2.38. The first-order valence-electron chi connectivity index (χ1n) is 6.44. The standard InChI is InChI=1S/C13H23NO/c15-13-9-5-4-6-11(13)10-14-12-7-2-1-3-8-12/h2,7,11-15H,1,3-6,8-10H2. The van der Waals surface area contributed by atoms with Crippen LogP contribution in [0, 0.1) is 5.92 Å². The molecular formula is C13H23NO. The van der Waals surface area contributed by atoms with Crippen molar-refractivity contribution in [3.63, 3.8) is 0 Å². The lowest BCUT2D eigenvalue weighted by Gasteiger charge is -2.29. The largest absolute Gasteiger partial charge is 0.393 e. The summed E-state index contributed by atoms with van der Waals surface area (Å²) in [5.41, 5.74) is 0. The zero-order valence-corrected chi connectivity index (χ0v) is 9.49. The van der Waals surface area contributed by atoms with Crippen molar-refractivity contribution < 1.29 is 5.11 Å². The van der Waals surface area contributed by atoms with Crippen LogP contribution in [0.15, 0.2) is 12.2 Å². The van der Waals surface area contributed by atoms with E-state index in [0.29, 0.717) is 12.0 Å². The van der Waals surface area contributed by atoms with E-state index in [1.54, 1.807) is 0 Å². The van der Waals surface area contributed by atoms with Crippen LogP contribution in [0.3, 0.4) is 0 Å². The highest BCUT2D eigenvalue weighted by atomic mass is 16.3. The molecule has 1 saturated carbocycles. The minimum atomic E-state index is -0.0566. The van der Waals surface area contributed by atoms with Crippen LogP contribution in [-0.4, -0.2) is 23.8 Å². The van der Waals surface area contributed by atoms with E-state index in [0.717, 1.165) is 13.0 Å². The molecule has 0 amide bonds. The highest BCUT2D eigenvalue weighted by molar-refractivity contribution is 4.97. The van der Waals surface area contributed by atoms with Gasteiger partial charge in [0.05, 0.1) is 6.10 Å². The number of aliphatic hydroxyl groups is 1. The Kier molecular flexibility index (Phi) is 4.21. The lowest BCUT2D eigenvalue weighted by molar-refractivity contribution is 0.0686. The molecule has 2 rings (SSSR count). The van der Waals surface area contributed by atoms with Crippen molar-refractivity contribution in [3.8, 4) is 0 Å². The summed E-state index contributed by atoms with van der Waals surface area (Å²) >= 11 is 0. The predicted molar refractivity (Wildman–Crippen MR) is 62.7 cm³/mol. The van der Waals surface area contributed by atoms with Gasteiger partial charge < -0.3 is 10.4 Å². The Balaban J connectivity index is 1.71. The van der Waals surface area contributed by atoms with Crippen molar-refractivity contribution in [1.29, 1.82) is 0 Å². The minimum Gasteiger partial charge on any atom is -0.393 e. The summed E-state index contributed by atoms with van der Waals surface area (Å²) in [6, 6.07) is 0.563. The Bertz CT molecular complexity index is 215. The zero-order valence-electron chi connectivity index (χ0n) is 9.49. The third kappa shape index (κ3) is 3.32. The fraction of sp³-hybridized carbons (Fsp3) is 0.846. The van der Waals surface area contributed by atoms with Crippen molar-refractivity contribution >= 4 is 0 Å². The number of hydrogen-bond donors (Lipinski definition) is 2.